The molecule has 0 saturated carbocycles. The Kier molecular flexibility index (Phi) is 2.49. The number of rotatable bonds is 1. The van der Waals surface area contributed by atoms with E-state index in [4.69, 9.17) is 5.21 Å². The molecule has 1 rings (SSSR count). The minimum atomic E-state index is 0.571. The maximum atomic E-state index is 8.52. The van der Waals surface area contributed by atoms with Gasteiger partial charge in [-0.1, -0.05) is 23.4 Å². The molecule has 0 atom stereocenters. The predicted molar refractivity (Wildman–Crippen MR) is 44.6 cm³/mol. The Morgan fingerprint density at radius 3 is 2.82 bits per heavy atom. The van der Waals surface area contributed by atoms with E-state index in [0.717, 1.165) is 5.57 Å². The summed E-state index contributed by atoms with van der Waals surface area (Å²) in [6, 6.07) is 0. The molecule has 2 N–H and O–H groups in total. The zero-order valence-electron chi connectivity index (χ0n) is 6.28. The summed E-state index contributed by atoms with van der Waals surface area (Å²) in [4.78, 5) is 0. The Bertz CT molecular complexity index is 249. The van der Waals surface area contributed by atoms with Crippen molar-refractivity contribution in [2.45, 2.75) is 0 Å². The van der Waals surface area contributed by atoms with Gasteiger partial charge in [0.1, 0.15) is 5.71 Å². The minimum absolute atomic E-state index is 0.571. The molecule has 0 saturated heterocycles. The number of hydrogen-bond donors (Lipinski definition) is 2. The van der Waals surface area contributed by atoms with Crippen LogP contribution in [-0.2, 0) is 0 Å². The van der Waals surface area contributed by atoms with E-state index in [9.17, 15) is 0 Å². The van der Waals surface area contributed by atoms with Gasteiger partial charge in [-0.2, -0.15) is 0 Å². The molecule has 1 aliphatic carbocycles. The first-order valence-corrected chi connectivity index (χ1v) is 3.33. The molecule has 0 bridgehead atoms. The highest BCUT2D eigenvalue weighted by atomic mass is 16.4. The van der Waals surface area contributed by atoms with Crippen LogP contribution in [0.25, 0.3) is 0 Å². The lowest BCUT2D eigenvalue weighted by Crippen LogP contribution is -2.04. The largest absolute Gasteiger partial charge is 0.410 e. The van der Waals surface area contributed by atoms with E-state index in [2.05, 4.69) is 10.5 Å². The van der Waals surface area contributed by atoms with Gasteiger partial charge in [-0.05, 0) is 6.08 Å². The van der Waals surface area contributed by atoms with Crippen LogP contribution in [0.1, 0.15) is 0 Å². The predicted octanol–water partition coefficient (Wildman–Crippen LogP) is 1.05. The lowest BCUT2D eigenvalue weighted by Gasteiger charge is -2.02. The number of nitrogens with zero attached hydrogens (tertiary/aromatic N) is 1. The highest BCUT2D eigenvalue weighted by Crippen LogP contribution is 2.06. The number of oxime groups is 1. The van der Waals surface area contributed by atoms with E-state index in [-0.39, 0.29) is 0 Å². The summed E-state index contributed by atoms with van der Waals surface area (Å²) >= 11 is 0. The highest BCUT2D eigenvalue weighted by molar-refractivity contribution is 6.11. The van der Waals surface area contributed by atoms with Crippen LogP contribution in [0, 0.1) is 0 Å². The van der Waals surface area contributed by atoms with Gasteiger partial charge < -0.3 is 10.5 Å². The van der Waals surface area contributed by atoms with Crippen molar-refractivity contribution < 1.29 is 5.21 Å². The summed E-state index contributed by atoms with van der Waals surface area (Å²) in [5.41, 5.74) is 1.44. The van der Waals surface area contributed by atoms with E-state index >= 15 is 0 Å². The van der Waals surface area contributed by atoms with Gasteiger partial charge in [0, 0.05) is 18.8 Å². The average Bonchev–Trinajstić information content (AvgIpc) is 2.06. The maximum absolute atomic E-state index is 8.52. The molecule has 0 fully saturated rings. The zero-order chi connectivity index (χ0) is 8.10. The lowest BCUT2D eigenvalue weighted by atomic mass is 10.1. The average molecular weight is 150 g/mol. The SMILES string of the molecule is CN/C=C1/C=CC=C/C1=N\O. The Morgan fingerprint density at radius 1 is 1.45 bits per heavy atom. The van der Waals surface area contributed by atoms with E-state index in [1.807, 2.05) is 18.2 Å². The number of nitrogens with one attached hydrogen (secondary N) is 1. The summed E-state index contributed by atoms with van der Waals surface area (Å²) in [5.74, 6) is 0. The highest BCUT2D eigenvalue weighted by Gasteiger charge is 2.02. The van der Waals surface area contributed by atoms with Crippen molar-refractivity contribution in [2.24, 2.45) is 5.16 Å². The molecule has 0 aromatic carbocycles. The van der Waals surface area contributed by atoms with Gasteiger partial charge in [0.05, 0.1) is 0 Å². The second kappa shape index (κ2) is 3.61. The number of allylic oxidation sites excluding steroid dienone is 5. The van der Waals surface area contributed by atoms with Crippen LogP contribution in [0.2, 0.25) is 0 Å². The molecule has 0 unspecified atom stereocenters. The van der Waals surface area contributed by atoms with Gasteiger partial charge in [-0.15, -0.1) is 0 Å². The van der Waals surface area contributed by atoms with Crippen molar-refractivity contribution in [2.75, 3.05) is 7.05 Å². The third kappa shape index (κ3) is 1.70. The quantitative estimate of drug-likeness (QED) is 0.433. The van der Waals surface area contributed by atoms with Crippen molar-refractivity contribution >= 4 is 5.71 Å². The first-order valence-electron chi connectivity index (χ1n) is 3.33. The Hall–Kier alpha value is -1.51. The monoisotopic (exact) mass is 150 g/mol. The topological polar surface area (TPSA) is 44.6 Å². The second-order valence-corrected chi connectivity index (χ2v) is 2.09. The smallest absolute Gasteiger partial charge is 0.111 e. The Labute approximate surface area is 65.4 Å². The molecular formula is C8H10N2O. The summed E-state index contributed by atoms with van der Waals surface area (Å²) in [6.07, 6.45) is 9.09. The van der Waals surface area contributed by atoms with E-state index in [1.54, 1.807) is 19.3 Å². The molecule has 3 nitrogen and oxygen atoms in total. The van der Waals surface area contributed by atoms with Crippen molar-refractivity contribution in [1.29, 1.82) is 0 Å². The van der Waals surface area contributed by atoms with E-state index in [1.165, 1.54) is 0 Å². The van der Waals surface area contributed by atoms with E-state index < -0.39 is 0 Å². The van der Waals surface area contributed by atoms with Gasteiger partial charge in [0.15, 0.2) is 0 Å². The van der Waals surface area contributed by atoms with Gasteiger partial charge in [-0.25, -0.2) is 0 Å². The van der Waals surface area contributed by atoms with Gasteiger partial charge >= 0.3 is 0 Å². The van der Waals surface area contributed by atoms with Gasteiger partial charge in [0.2, 0.25) is 0 Å². The number of hydrogen-bond acceptors (Lipinski definition) is 3. The fourth-order valence-corrected chi connectivity index (χ4v) is 0.856. The Balaban J connectivity index is 2.88. The summed E-state index contributed by atoms with van der Waals surface area (Å²) in [5, 5.41) is 14.5. The molecule has 3 heteroatoms. The maximum Gasteiger partial charge on any atom is 0.111 e. The molecule has 0 heterocycles. The summed E-state index contributed by atoms with van der Waals surface area (Å²) in [6.45, 7) is 0. The lowest BCUT2D eigenvalue weighted by molar-refractivity contribution is 0.320. The first kappa shape index (κ1) is 7.60. The molecule has 0 aliphatic heterocycles. The van der Waals surface area contributed by atoms with Crippen LogP contribution in [-0.4, -0.2) is 18.0 Å². The van der Waals surface area contributed by atoms with Gasteiger partial charge in [0.25, 0.3) is 0 Å². The Morgan fingerprint density at radius 2 is 2.18 bits per heavy atom. The molecule has 0 radical (unpaired) electrons. The molecule has 0 spiro atoms. The van der Waals surface area contributed by atoms with Gasteiger partial charge in [-0.3, -0.25) is 0 Å². The summed E-state index contributed by atoms with van der Waals surface area (Å²) < 4.78 is 0. The third-order valence-electron chi connectivity index (χ3n) is 1.34. The van der Waals surface area contributed by atoms with Crippen LogP contribution in [0.5, 0.6) is 0 Å². The minimum Gasteiger partial charge on any atom is -0.410 e. The van der Waals surface area contributed by atoms with Crippen molar-refractivity contribution in [3.05, 3.63) is 36.1 Å². The second-order valence-electron chi connectivity index (χ2n) is 2.09. The third-order valence-corrected chi connectivity index (χ3v) is 1.34. The molecule has 1 aliphatic rings. The van der Waals surface area contributed by atoms with Crippen LogP contribution in [0.4, 0.5) is 0 Å². The van der Waals surface area contributed by atoms with Crippen molar-refractivity contribution in [3.63, 3.8) is 0 Å². The van der Waals surface area contributed by atoms with Crippen molar-refractivity contribution in [1.82, 2.24) is 5.32 Å². The first-order chi connectivity index (χ1) is 5.38. The van der Waals surface area contributed by atoms with Crippen LogP contribution in [0.3, 0.4) is 0 Å². The van der Waals surface area contributed by atoms with Crippen LogP contribution < -0.4 is 5.32 Å². The molecule has 58 valence electrons. The van der Waals surface area contributed by atoms with Crippen LogP contribution in [0.15, 0.2) is 41.2 Å². The molecule has 0 aromatic rings. The summed E-state index contributed by atoms with van der Waals surface area (Å²) in [7, 11) is 1.80. The molecular weight excluding hydrogens is 140 g/mol. The standard InChI is InChI=1S/C8H10N2O/c1-9-6-7-4-2-3-5-8(7)10-11/h2-6,9,11H,1H3/b7-6-,10-8+. The van der Waals surface area contributed by atoms with Crippen molar-refractivity contribution in [3.8, 4) is 0 Å². The molecule has 0 aromatic heterocycles. The normalized spacial score (nSPS) is 23.0. The van der Waals surface area contributed by atoms with Crippen LogP contribution >= 0.6 is 0 Å². The molecule has 0 amide bonds. The van der Waals surface area contributed by atoms with E-state index in [0.29, 0.717) is 5.71 Å². The fraction of sp³-hybridized carbons (Fsp3) is 0.125. The molecule has 11 heavy (non-hydrogen) atoms. The fourth-order valence-electron chi connectivity index (χ4n) is 0.856. The zero-order valence-corrected chi connectivity index (χ0v) is 6.28.